The van der Waals surface area contributed by atoms with E-state index in [-0.39, 0.29) is 10.8 Å². The van der Waals surface area contributed by atoms with Crippen molar-refractivity contribution in [1.29, 1.82) is 0 Å². The molecule has 0 aromatic heterocycles. The normalized spacial score (nSPS) is 15.2. The minimum absolute atomic E-state index is 0.0402. The molecule has 0 radical (unpaired) electrons. The number of hydrogen-bond donors (Lipinski definition) is 1. The fourth-order valence-corrected chi connectivity index (χ4v) is 3.47. The highest BCUT2D eigenvalue weighted by atomic mass is 32.2. The lowest BCUT2D eigenvalue weighted by Crippen LogP contribution is -2.21. The molecule has 0 atom stereocenters. The largest absolute Gasteiger partial charge is 0.490 e. The molecule has 0 fully saturated rings. The topological polar surface area (TPSA) is 111 Å². The molecular formula is C22H23N3O5S. The SMILES string of the molecule is C=CCOc1ccc(/C=C2\C(=O)N(c3ccc(S(N)(=O)=O)cc3)N=C2C)cc1OCC. The van der Waals surface area contributed by atoms with Crippen molar-refractivity contribution < 1.29 is 22.7 Å². The first-order chi connectivity index (χ1) is 14.7. The van der Waals surface area contributed by atoms with Crippen LogP contribution in [-0.4, -0.2) is 33.3 Å². The number of nitrogens with zero attached hydrogens (tertiary/aromatic N) is 2. The number of benzene rings is 2. The summed E-state index contributed by atoms with van der Waals surface area (Å²) in [6, 6.07) is 11.0. The number of amides is 1. The van der Waals surface area contributed by atoms with Crippen LogP contribution in [0, 0.1) is 0 Å². The Balaban J connectivity index is 1.89. The van der Waals surface area contributed by atoms with Crippen LogP contribution >= 0.6 is 0 Å². The first kappa shape index (κ1) is 22.3. The van der Waals surface area contributed by atoms with E-state index in [1.165, 1.54) is 29.3 Å². The maximum atomic E-state index is 13.0. The summed E-state index contributed by atoms with van der Waals surface area (Å²) in [5, 5.41) is 10.7. The zero-order valence-electron chi connectivity index (χ0n) is 17.2. The molecule has 9 heteroatoms. The van der Waals surface area contributed by atoms with Crippen LogP contribution in [0.4, 0.5) is 5.69 Å². The molecule has 2 N–H and O–H groups in total. The summed E-state index contributed by atoms with van der Waals surface area (Å²) >= 11 is 0. The summed E-state index contributed by atoms with van der Waals surface area (Å²) in [6.45, 7) is 8.06. The number of primary sulfonamides is 1. The lowest BCUT2D eigenvalue weighted by atomic mass is 10.1. The van der Waals surface area contributed by atoms with Crippen molar-refractivity contribution >= 4 is 33.4 Å². The van der Waals surface area contributed by atoms with Gasteiger partial charge in [-0.15, -0.1) is 0 Å². The van der Waals surface area contributed by atoms with Crippen molar-refractivity contribution in [2.24, 2.45) is 10.2 Å². The van der Waals surface area contributed by atoms with Gasteiger partial charge >= 0.3 is 0 Å². The summed E-state index contributed by atoms with van der Waals surface area (Å²) in [6.07, 6.45) is 3.37. The molecule has 8 nitrogen and oxygen atoms in total. The standard InChI is InChI=1S/C22H23N3O5S/c1-4-12-30-20-11-6-16(14-21(20)29-5-2)13-19-15(3)24-25(22(19)26)17-7-9-18(10-8-17)31(23,27)28/h4,6-11,13-14H,1,5,12H2,2-3H3,(H2,23,27,28)/b19-13-. The van der Waals surface area contributed by atoms with E-state index in [1.54, 1.807) is 31.2 Å². The molecule has 1 aliphatic heterocycles. The van der Waals surface area contributed by atoms with Gasteiger partial charge in [-0.2, -0.15) is 10.1 Å². The Labute approximate surface area is 181 Å². The van der Waals surface area contributed by atoms with E-state index < -0.39 is 10.0 Å². The molecule has 2 aromatic rings. The Morgan fingerprint density at radius 1 is 1.13 bits per heavy atom. The van der Waals surface area contributed by atoms with Gasteiger partial charge in [0.15, 0.2) is 11.5 Å². The van der Waals surface area contributed by atoms with Gasteiger partial charge in [0.2, 0.25) is 10.0 Å². The van der Waals surface area contributed by atoms with Crippen LogP contribution < -0.4 is 19.6 Å². The van der Waals surface area contributed by atoms with E-state index in [0.717, 1.165) is 5.56 Å². The van der Waals surface area contributed by atoms with Crippen molar-refractivity contribution in [1.82, 2.24) is 0 Å². The average Bonchev–Trinajstić information content (AvgIpc) is 3.01. The maximum Gasteiger partial charge on any atom is 0.280 e. The maximum absolute atomic E-state index is 13.0. The predicted molar refractivity (Wildman–Crippen MR) is 120 cm³/mol. The summed E-state index contributed by atoms with van der Waals surface area (Å²) in [5.41, 5.74) is 2.13. The van der Waals surface area contributed by atoms with Crippen LogP contribution in [0.2, 0.25) is 0 Å². The number of sulfonamides is 1. The Morgan fingerprint density at radius 2 is 1.84 bits per heavy atom. The van der Waals surface area contributed by atoms with Crippen LogP contribution in [0.25, 0.3) is 6.08 Å². The molecule has 2 aromatic carbocycles. The molecule has 162 valence electrons. The van der Waals surface area contributed by atoms with Gasteiger partial charge in [0.1, 0.15) is 6.61 Å². The summed E-state index contributed by atoms with van der Waals surface area (Å²) in [4.78, 5) is 12.9. The quantitative estimate of drug-likeness (QED) is 0.500. The van der Waals surface area contributed by atoms with Crippen LogP contribution in [-0.2, 0) is 14.8 Å². The smallest absolute Gasteiger partial charge is 0.280 e. The molecule has 3 rings (SSSR count). The monoisotopic (exact) mass is 441 g/mol. The highest BCUT2D eigenvalue weighted by Gasteiger charge is 2.29. The number of hydrazone groups is 1. The average molecular weight is 442 g/mol. The van der Waals surface area contributed by atoms with Crippen LogP contribution in [0.5, 0.6) is 11.5 Å². The van der Waals surface area contributed by atoms with Crippen molar-refractivity contribution in [3.8, 4) is 11.5 Å². The Kier molecular flexibility index (Phi) is 6.57. The van der Waals surface area contributed by atoms with E-state index in [1.807, 2.05) is 13.0 Å². The number of hydrogen-bond acceptors (Lipinski definition) is 6. The second kappa shape index (κ2) is 9.15. The third kappa shape index (κ3) is 5.01. The van der Waals surface area contributed by atoms with Crippen molar-refractivity contribution in [3.63, 3.8) is 0 Å². The zero-order chi connectivity index (χ0) is 22.6. The Morgan fingerprint density at radius 3 is 2.45 bits per heavy atom. The zero-order valence-corrected chi connectivity index (χ0v) is 18.1. The lowest BCUT2D eigenvalue weighted by molar-refractivity contribution is -0.114. The second-order valence-corrected chi connectivity index (χ2v) is 8.20. The molecule has 0 spiro atoms. The van der Waals surface area contributed by atoms with Gasteiger partial charge in [-0.25, -0.2) is 13.6 Å². The van der Waals surface area contributed by atoms with Gasteiger partial charge in [0.25, 0.3) is 5.91 Å². The molecular weight excluding hydrogens is 418 g/mol. The highest BCUT2D eigenvalue weighted by molar-refractivity contribution is 7.89. The molecule has 1 amide bonds. The number of carbonyl (C=O) groups is 1. The molecule has 0 saturated carbocycles. The van der Waals surface area contributed by atoms with Crippen LogP contribution in [0.15, 0.2) is 70.7 Å². The van der Waals surface area contributed by atoms with E-state index in [2.05, 4.69) is 11.7 Å². The van der Waals surface area contributed by atoms with Crippen LogP contribution in [0.1, 0.15) is 19.4 Å². The van der Waals surface area contributed by atoms with Gasteiger partial charge in [-0.1, -0.05) is 18.7 Å². The fraction of sp³-hybridized carbons (Fsp3) is 0.182. The fourth-order valence-electron chi connectivity index (χ4n) is 2.95. The number of nitrogens with two attached hydrogens (primary N) is 1. The van der Waals surface area contributed by atoms with Gasteiger partial charge in [0, 0.05) is 0 Å². The lowest BCUT2D eigenvalue weighted by Gasteiger charge is -2.13. The minimum atomic E-state index is -3.82. The molecule has 1 aliphatic rings. The van der Waals surface area contributed by atoms with E-state index >= 15 is 0 Å². The van der Waals surface area contributed by atoms with Gasteiger partial charge in [-0.05, 0) is 61.9 Å². The third-order valence-corrected chi connectivity index (χ3v) is 5.34. The molecule has 1 heterocycles. The van der Waals surface area contributed by atoms with E-state index in [0.29, 0.717) is 41.7 Å². The Bertz CT molecular complexity index is 1170. The Hall–Kier alpha value is -3.43. The highest BCUT2D eigenvalue weighted by Crippen LogP contribution is 2.31. The number of ether oxygens (including phenoxy) is 2. The summed E-state index contributed by atoms with van der Waals surface area (Å²) in [7, 11) is -3.82. The van der Waals surface area contributed by atoms with Gasteiger partial charge in [-0.3, -0.25) is 4.79 Å². The first-order valence-corrected chi connectivity index (χ1v) is 11.0. The van der Waals surface area contributed by atoms with E-state index in [9.17, 15) is 13.2 Å². The number of rotatable bonds is 8. The molecule has 31 heavy (non-hydrogen) atoms. The van der Waals surface area contributed by atoms with Crippen molar-refractivity contribution in [2.45, 2.75) is 18.7 Å². The number of anilines is 1. The molecule has 0 bridgehead atoms. The van der Waals surface area contributed by atoms with Crippen molar-refractivity contribution in [3.05, 3.63) is 66.3 Å². The molecule has 0 saturated heterocycles. The van der Waals surface area contributed by atoms with Gasteiger partial charge in [0.05, 0.1) is 28.5 Å². The van der Waals surface area contributed by atoms with Crippen LogP contribution in [0.3, 0.4) is 0 Å². The third-order valence-electron chi connectivity index (χ3n) is 4.41. The summed E-state index contributed by atoms with van der Waals surface area (Å²) < 4.78 is 34.1. The predicted octanol–water partition coefficient (Wildman–Crippen LogP) is 3.10. The first-order valence-electron chi connectivity index (χ1n) is 9.49. The second-order valence-electron chi connectivity index (χ2n) is 6.64. The molecule has 0 unspecified atom stereocenters. The van der Waals surface area contributed by atoms with Gasteiger partial charge < -0.3 is 9.47 Å². The molecule has 0 aliphatic carbocycles. The summed E-state index contributed by atoms with van der Waals surface area (Å²) in [5.74, 6) is 0.823. The minimum Gasteiger partial charge on any atom is -0.490 e. The van der Waals surface area contributed by atoms with Crippen molar-refractivity contribution in [2.75, 3.05) is 18.2 Å². The number of carbonyl (C=O) groups excluding carboxylic acids is 1. The van der Waals surface area contributed by atoms with E-state index in [4.69, 9.17) is 14.6 Å².